The Morgan fingerprint density at radius 2 is 2.50 bits per heavy atom. The highest BCUT2D eigenvalue weighted by molar-refractivity contribution is 7.09. The Hall–Kier alpha value is -1.09. The molecule has 0 aliphatic rings. The van der Waals surface area contributed by atoms with Crippen LogP contribution < -0.4 is 0 Å². The zero-order valence-electron chi connectivity index (χ0n) is 8.19. The van der Waals surface area contributed by atoms with Gasteiger partial charge >= 0.3 is 5.97 Å². The summed E-state index contributed by atoms with van der Waals surface area (Å²) in [4.78, 5) is 12.2. The molecule has 2 nitrogen and oxygen atoms in total. The van der Waals surface area contributed by atoms with Gasteiger partial charge in [0.2, 0.25) is 0 Å². The highest BCUT2D eigenvalue weighted by Gasteiger charge is 2.28. The summed E-state index contributed by atoms with van der Waals surface area (Å²) in [5.41, 5.74) is -0.802. The number of aryl methyl sites for hydroxylation is 1. The van der Waals surface area contributed by atoms with E-state index in [0.717, 1.165) is 6.42 Å². The molecular formula is C11H14O2S. The molecule has 76 valence electrons. The molecule has 1 atom stereocenters. The minimum Gasteiger partial charge on any atom is -0.481 e. The van der Waals surface area contributed by atoms with Gasteiger partial charge in [-0.25, -0.2) is 0 Å². The van der Waals surface area contributed by atoms with Gasteiger partial charge in [-0.3, -0.25) is 4.79 Å². The lowest BCUT2D eigenvalue weighted by Gasteiger charge is -2.19. The number of hydrogen-bond donors (Lipinski definition) is 1. The molecule has 1 aromatic rings. The number of thiophene rings is 1. The number of carboxylic acid groups (broad SMARTS) is 1. The number of hydrogen-bond acceptors (Lipinski definition) is 2. The van der Waals surface area contributed by atoms with Crippen molar-refractivity contribution in [1.82, 2.24) is 0 Å². The molecule has 0 saturated heterocycles. The molecular weight excluding hydrogens is 196 g/mol. The van der Waals surface area contributed by atoms with Crippen molar-refractivity contribution in [2.75, 3.05) is 0 Å². The number of carbonyl (C=O) groups is 1. The lowest BCUT2D eigenvalue weighted by Crippen LogP contribution is -2.25. The minimum atomic E-state index is -0.802. The summed E-state index contributed by atoms with van der Waals surface area (Å²) in [6, 6.07) is 4.00. The molecule has 0 bridgehead atoms. The number of aliphatic carboxylic acids is 1. The number of rotatable bonds is 5. The SMILES string of the molecule is C=CC(C)(CCc1cccs1)C(=O)O. The van der Waals surface area contributed by atoms with Gasteiger partial charge in [-0.05, 0) is 31.2 Å². The van der Waals surface area contributed by atoms with Gasteiger partial charge in [0.1, 0.15) is 0 Å². The average molecular weight is 210 g/mol. The Bertz CT molecular complexity index is 316. The van der Waals surface area contributed by atoms with Crippen molar-refractivity contribution in [3.8, 4) is 0 Å². The largest absolute Gasteiger partial charge is 0.481 e. The van der Waals surface area contributed by atoms with Crippen molar-refractivity contribution in [1.29, 1.82) is 0 Å². The van der Waals surface area contributed by atoms with Gasteiger partial charge in [0.05, 0.1) is 5.41 Å². The van der Waals surface area contributed by atoms with E-state index in [1.807, 2.05) is 17.5 Å². The maximum Gasteiger partial charge on any atom is 0.313 e. The molecule has 1 N–H and O–H groups in total. The van der Waals surface area contributed by atoms with Crippen molar-refractivity contribution in [2.45, 2.75) is 19.8 Å². The van der Waals surface area contributed by atoms with Gasteiger partial charge < -0.3 is 5.11 Å². The first-order valence-corrected chi connectivity index (χ1v) is 5.36. The van der Waals surface area contributed by atoms with Crippen LogP contribution in [0.25, 0.3) is 0 Å². The summed E-state index contributed by atoms with van der Waals surface area (Å²) >= 11 is 1.66. The Morgan fingerprint density at radius 3 is 2.93 bits per heavy atom. The second-order valence-corrected chi connectivity index (χ2v) is 4.54. The average Bonchev–Trinajstić information content (AvgIpc) is 2.66. The van der Waals surface area contributed by atoms with E-state index in [-0.39, 0.29) is 0 Å². The van der Waals surface area contributed by atoms with Crippen LogP contribution in [0.1, 0.15) is 18.2 Å². The maximum atomic E-state index is 10.9. The quantitative estimate of drug-likeness (QED) is 0.759. The van der Waals surface area contributed by atoms with E-state index in [1.54, 1.807) is 18.3 Å². The van der Waals surface area contributed by atoms with Crippen molar-refractivity contribution >= 4 is 17.3 Å². The van der Waals surface area contributed by atoms with Crippen LogP contribution in [-0.2, 0) is 11.2 Å². The lowest BCUT2D eigenvalue weighted by molar-refractivity contribution is -0.145. The Balaban J connectivity index is 2.58. The molecule has 0 fully saturated rings. The van der Waals surface area contributed by atoms with E-state index in [0.29, 0.717) is 6.42 Å². The molecule has 1 rings (SSSR count). The fourth-order valence-electron chi connectivity index (χ4n) is 1.13. The summed E-state index contributed by atoms with van der Waals surface area (Å²) in [7, 11) is 0. The molecule has 0 radical (unpaired) electrons. The smallest absolute Gasteiger partial charge is 0.313 e. The van der Waals surface area contributed by atoms with E-state index in [1.165, 1.54) is 11.0 Å². The lowest BCUT2D eigenvalue weighted by atomic mass is 9.85. The molecule has 14 heavy (non-hydrogen) atoms. The molecule has 3 heteroatoms. The van der Waals surface area contributed by atoms with Crippen molar-refractivity contribution in [3.05, 3.63) is 35.0 Å². The Morgan fingerprint density at radius 1 is 1.79 bits per heavy atom. The first-order valence-electron chi connectivity index (χ1n) is 4.48. The first-order chi connectivity index (χ1) is 6.58. The van der Waals surface area contributed by atoms with Crippen LogP contribution in [0, 0.1) is 5.41 Å². The second-order valence-electron chi connectivity index (χ2n) is 3.51. The van der Waals surface area contributed by atoms with Crippen LogP contribution in [0.3, 0.4) is 0 Å². The summed E-state index contributed by atoms with van der Waals surface area (Å²) in [6.45, 7) is 5.28. The summed E-state index contributed by atoms with van der Waals surface area (Å²) in [6.07, 6.45) is 2.92. The Labute approximate surface area is 87.9 Å². The van der Waals surface area contributed by atoms with Gasteiger partial charge in [0, 0.05) is 4.88 Å². The molecule has 0 aliphatic carbocycles. The van der Waals surface area contributed by atoms with E-state index in [2.05, 4.69) is 6.58 Å². The van der Waals surface area contributed by atoms with Crippen LogP contribution in [0.2, 0.25) is 0 Å². The van der Waals surface area contributed by atoms with Crippen molar-refractivity contribution in [2.24, 2.45) is 5.41 Å². The first kappa shape index (κ1) is 11.0. The molecule has 0 amide bonds. The van der Waals surface area contributed by atoms with Crippen LogP contribution in [-0.4, -0.2) is 11.1 Å². The van der Waals surface area contributed by atoms with Gasteiger partial charge in [0.25, 0.3) is 0 Å². The Kier molecular flexibility index (Phi) is 3.47. The van der Waals surface area contributed by atoms with Crippen LogP contribution >= 0.6 is 11.3 Å². The molecule has 0 aromatic carbocycles. The number of carboxylic acids is 1. The van der Waals surface area contributed by atoms with Gasteiger partial charge in [-0.1, -0.05) is 12.1 Å². The predicted molar refractivity (Wildman–Crippen MR) is 58.6 cm³/mol. The van der Waals surface area contributed by atoms with Crippen molar-refractivity contribution < 1.29 is 9.90 Å². The van der Waals surface area contributed by atoms with Crippen molar-refractivity contribution in [3.63, 3.8) is 0 Å². The minimum absolute atomic E-state index is 0.604. The highest BCUT2D eigenvalue weighted by Crippen LogP contribution is 2.26. The summed E-state index contributed by atoms with van der Waals surface area (Å²) < 4.78 is 0. The summed E-state index contributed by atoms with van der Waals surface area (Å²) in [5, 5.41) is 11.0. The standard InChI is InChI=1S/C11H14O2S/c1-3-11(2,10(12)13)7-6-9-5-4-8-14-9/h3-5,8H,1,6-7H2,2H3,(H,12,13). The molecule has 0 spiro atoms. The van der Waals surface area contributed by atoms with Gasteiger partial charge in [0.15, 0.2) is 0 Å². The zero-order valence-corrected chi connectivity index (χ0v) is 9.01. The highest BCUT2D eigenvalue weighted by atomic mass is 32.1. The molecule has 1 aromatic heterocycles. The molecule has 1 heterocycles. The normalized spacial score (nSPS) is 14.6. The molecule has 0 aliphatic heterocycles. The topological polar surface area (TPSA) is 37.3 Å². The molecule has 0 saturated carbocycles. The fraction of sp³-hybridized carbons (Fsp3) is 0.364. The van der Waals surface area contributed by atoms with E-state index in [9.17, 15) is 4.79 Å². The fourth-order valence-corrected chi connectivity index (χ4v) is 1.84. The third kappa shape index (κ3) is 2.45. The maximum absolute atomic E-state index is 10.9. The zero-order chi connectivity index (χ0) is 10.6. The summed E-state index contributed by atoms with van der Waals surface area (Å²) in [5.74, 6) is -0.802. The van der Waals surface area contributed by atoms with Gasteiger partial charge in [-0.15, -0.1) is 17.9 Å². The van der Waals surface area contributed by atoms with Crippen LogP contribution in [0.5, 0.6) is 0 Å². The third-order valence-electron chi connectivity index (χ3n) is 2.41. The van der Waals surface area contributed by atoms with Crippen LogP contribution in [0.4, 0.5) is 0 Å². The molecule has 1 unspecified atom stereocenters. The van der Waals surface area contributed by atoms with E-state index >= 15 is 0 Å². The third-order valence-corrected chi connectivity index (χ3v) is 3.35. The van der Waals surface area contributed by atoms with E-state index in [4.69, 9.17) is 5.11 Å². The predicted octanol–water partition coefficient (Wildman–Crippen LogP) is 2.96. The van der Waals surface area contributed by atoms with E-state index < -0.39 is 11.4 Å². The monoisotopic (exact) mass is 210 g/mol. The van der Waals surface area contributed by atoms with Crippen LogP contribution in [0.15, 0.2) is 30.2 Å². The van der Waals surface area contributed by atoms with Gasteiger partial charge in [-0.2, -0.15) is 0 Å². The second kappa shape index (κ2) is 4.42.